The summed E-state index contributed by atoms with van der Waals surface area (Å²) < 4.78 is 42.8. The minimum atomic E-state index is -3.35. The van der Waals surface area contributed by atoms with Crippen molar-refractivity contribution >= 4 is 25.8 Å². The molecule has 1 aliphatic carbocycles. The SMILES string of the molecule is C=S(C)(=O)OCC1CCC(COS(C)(=O)=O)C1. The van der Waals surface area contributed by atoms with Crippen molar-refractivity contribution in [3.05, 3.63) is 0 Å². The van der Waals surface area contributed by atoms with Crippen LogP contribution in [0.5, 0.6) is 0 Å². The van der Waals surface area contributed by atoms with Gasteiger partial charge in [-0.15, -0.1) is 0 Å². The topological polar surface area (TPSA) is 69.7 Å². The predicted molar refractivity (Wildman–Crippen MR) is 68.8 cm³/mol. The van der Waals surface area contributed by atoms with Gasteiger partial charge in [0.05, 0.1) is 29.3 Å². The monoisotopic (exact) mass is 284 g/mol. The fraction of sp³-hybridized carbons (Fsp3) is 0.900. The van der Waals surface area contributed by atoms with E-state index in [-0.39, 0.29) is 12.5 Å². The average molecular weight is 284 g/mol. The van der Waals surface area contributed by atoms with Crippen LogP contribution in [0.25, 0.3) is 0 Å². The Labute approximate surface area is 104 Å². The molecule has 3 atom stereocenters. The molecule has 0 radical (unpaired) electrons. The van der Waals surface area contributed by atoms with E-state index in [2.05, 4.69) is 5.87 Å². The smallest absolute Gasteiger partial charge is 0.264 e. The van der Waals surface area contributed by atoms with Crippen LogP contribution in [0.2, 0.25) is 0 Å². The minimum absolute atomic E-state index is 0.237. The maximum atomic E-state index is 11.2. The Kier molecular flexibility index (Phi) is 5.00. The summed E-state index contributed by atoms with van der Waals surface area (Å²) in [5, 5.41) is 0. The molecule has 3 unspecified atom stereocenters. The standard InChI is InChI=1S/C10H20O5S2/c1-16(2,11)14-7-9-4-5-10(6-9)8-15-17(3,12)13/h9-10H,1,4-8H2,2-3H3. The Morgan fingerprint density at radius 1 is 1.06 bits per heavy atom. The molecule has 5 nitrogen and oxygen atoms in total. The Hall–Kier alpha value is -0.110. The number of hydrogen-bond donors (Lipinski definition) is 0. The van der Waals surface area contributed by atoms with E-state index in [0.29, 0.717) is 12.5 Å². The second-order valence-electron chi connectivity index (χ2n) is 4.74. The minimum Gasteiger partial charge on any atom is -0.298 e. The van der Waals surface area contributed by atoms with Crippen molar-refractivity contribution in [2.75, 3.05) is 25.7 Å². The Morgan fingerprint density at radius 2 is 1.53 bits per heavy atom. The van der Waals surface area contributed by atoms with E-state index in [9.17, 15) is 12.6 Å². The summed E-state index contributed by atoms with van der Waals surface area (Å²) in [6.07, 6.45) is 5.24. The third-order valence-electron chi connectivity index (χ3n) is 2.72. The lowest BCUT2D eigenvalue weighted by atomic mass is 10.1. The molecule has 102 valence electrons. The van der Waals surface area contributed by atoms with Crippen molar-refractivity contribution in [3.8, 4) is 0 Å². The Bertz CT molecular complexity index is 395. The zero-order valence-electron chi connectivity index (χ0n) is 10.3. The van der Waals surface area contributed by atoms with Crippen LogP contribution in [0.3, 0.4) is 0 Å². The Morgan fingerprint density at radius 3 is 1.94 bits per heavy atom. The van der Waals surface area contributed by atoms with Gasteiger partial charge in [0.2, 0.25) is 0 Å². The van der Waals surface area contributed by atoms with E-state index in [1.54, 1.807) is 0 Å². The highest BCUT2D eigenvalue weighted by atomic mass is 32.2. The molecule has 0 spiro atoms. The molecule has 0 saturated heterocycles. The summed E-state index contributed by atoms with van der Waals surface area (Å²) >= 11 is 0. The third kappa shape index (κ3) is 7.03. The first-order valence-electron chi connectivity index (χ1n) is 5.47. The summed E-state index contributed by atoms with van der Waals surface area (Å²) in [6, 6.07) is 0. The predicted octanol–water partition coefficient (Wildman–Crippen LogP) is 0.657. The average Bonchev–Trinajstić information content (AvgIpc) is 2.57. The van der Waals surface area contributed by atoms with Crippen molar-refractivity contribution in [2.24, 2.45) is 11.8 Å². The summed E-state index contributed by atoms with van der Waals surface area (Å²) in [4.78, 5) is 0. The second kappa shape index (κ2) is 5.69. The first-order chi connectivity index (χ1) is 7.66. The van der Waals surface area contributed by atoms with Crippen LogP contribution < -0.4 is 0 Å². The largest absolute Gasteiger partial charge is 0.298 e. The highest BCUT2D eigenvalue weighted by Crippen LogP contribution is 2.31. The van der Waals surface area contributed by atoms with E-state index in [1.165, 1.54) is 6.26 Å². The van der Waals surface area contributed by atoms with Gasteiger partial charge in [-0.1, -0.05) is 0 Å². The molecule has 0 aromatic rings. The number of hydrogen-bond acceptors (Lipinski definition) is 5. The first-order valence-corrected chi connectivity index (χ1v) is 9.34. The molecule has 0 N–H and O–H groups in total. The summed E-state index contributed by atoms with van der Waals surface area (Å²) in [5.74, 6) is 3.99. The van der Waals surface area contributed by atoms with Crippen LogP contribution >= 0.6 is 0 Å². The van der Waals surface area contributed by atoms with Crippen molar-refractivity contribution < 1.29 is 21.0 Å². The first kappa shape index (κ1) is 14.9. The van der Waals surface area contributed by atoms with Crippen LogP contribution in [-0.4, -0.2) is 44.2 Å². The van der Waals surface area contributed by atoms with Gasteiger partial charge in [-0.3, -0.25) is 8.37 Å². The van der Waals surface area contributed by atoms with Crippen molar-refractivity contribution in [1.82, 2.24) is 0 Å². The zero-order chi connectivity index (χ0) is 13.1. The van der Waals surface area contributed by atoms with E-state index in [4.69, 9.17) is 8.37 Å². The molecule has 1 saturated carbocycles. The van der Waals surface area contributed by atoms with Gasteiger partial charge in [0.25, 0.3) is 10.1 Å². The van der Waals surface area contributed by atoms with Crippen molar-refractivity contribution in [2.45, 2.75) is 19.3 Å². The van der Waals surface area contributed by atoms with Crippen LogP contribution in [0, 0.1) is 11.8 Å². The molecule has 0 amide bonds. The van der Waals surface area contributed by atoms with Gasteiger partial charge >= 0.3 is 0 Å². The highest BCUT2D eigenvalue weighted by Gasteiger charge is 2.26. The molecule has 17 heavy (non-hydrogen) atoms. The molecular formula is C10H20O5S2. The van der Waals surface area contributed by atoms with Gasteiger partial charge in [0, 0.05) is 6.26 Å². The fourth-order valence-electron chi connectivity index (χ4n) is 1.94. The van der Waals surface area contributed by atoms with Gasteiger partial charge in [-0.05, 0) is 37.0 Å². The van der Waals surface area contributed by atoms with Crippen LogP contribution in [0.1, 0.15) is 19.3 Å². The van der Waals surface area contributed by atoms with Crippen molar-refractivity contribution in [1.29, 1.82) is 0 Å². The molecule has 7 heteroatoms. The fourth-order valence-corrected chi connectivity index (χ4v) is 2.86. The summed E-state index contributed by atoms with van der Waals surface area (Å²) in [7, 11) is -5.74. The lowest BCUT2D eigenvalue weighted by Gasteiger charge is -2.12. The maximum absolute atomic E-state index is 11.2. The van der Waals surface area contributed by atoms with E-state index in [1.807, 2.05) is 0 Å². The molecule has 1 fully saturated rings. The van der Waals surface area contributed by atoms with Crippen LogP contribution in [0.4, 0.5) is 0 Å². The molecule has 1 rings (SSSR count). The highest BCUT2D eigenvalue weighted by molar-refractivity contribution is 7.95. The Balaban J connectivity index is 2.28. The molecule has 0 bridgehead atoms. The molecule has 0 aliphatic heterocycles. The van der Waals surface area contributed by atoms with Gasteiger partial charge in [0.1, 0.15) is 0 Å². The summed E-state index contributed by atoms with van der Waals surface area (Å²) in [5.41, 5.74) is 0. The second-order valence-corrected chi connectivity index (χ2v) is 8.48. The van der Waals surface area contributed by atoms with Crippen LogP contribution in [0.15, 0.2) is 0 Å². The van der Waals surface area contributed by atoms with Gasteiger partial charge in [0.15, 0.2) is 0 Å². The van der Waals surface area contributed by atoms with Gasteiger partial charge < -0.3 is 0 Å². The zero-order valence-corrected chi connectivity index (χ0v) is 11.9. The third-order valence-corrected chi connectivity index (χ3v) is 3.92. The molecular weight excluding hydrogens is 264 g/mol. The van der Waals surface area contributed by atoms with Gasteiger partial charge in [-0.2, -0.15) is 8.42 Å². The van der Waals surface area contributed by atoms with Crippen LogP contribution in [-0.2, 0) is 28.3 Å². The quantitative estimate of drug-likeness (QED) is 0.529. The molecule has 0 aromatic heterocycles. The molecule has 1 aliphatic rings. The molecule has 0 heterocycles. The number of rotatable bonds is 6. The summed E-state index contributed by atoms with van der Waals surface area (Å²) in [6.45, 7) is 0.662. The van der Waals surface area contributed by atoms with E-state index in [0.717, 1.165) is 25.5 Å². The van der Waals surface area contributed by atoms with E-state index < -0.39 is 19.9 Å². The van der Waals surface area contributed by atoms with Crippen molar-refractivity contribution in [3.63, 3.8) is 0 Å². The lowest BCUT2D eigenvalue weighted by Crippen LogP contribution is -2.14. The van der Waals surface area contributed by atoms with E-state index >= 15 is 0 Å². The maximum Gasteiger partial charge on any atom is 0.264 e. The lowest BCUT2D eigenvalue weighted by molar-refractivity contribution is 0.238. The molecule has 0 aromatic carbocycles. The normalized spacial score (nSPS) is 29.1. The van der Waals surface area contributed by atoms with Gasteiger partial charge in [-0.25, -0.2) is 4.21 Å².